The molecule has 0 saturated heterocycles. The fourth-order valence-electron chi connectivity index (χ4n) is 1.43. The van der Waals surface area contributed by atoms with Crippen LogP contribution in [0.5, 0.6) is 0 Å². The van der Waals surface area contributed by atoms with E-state index >= 15 is 0 Å². The van der Waals surface area contributed by atoms with Crippen molar-refractivity contribution < 1.29 is 19.4 Å². The zero-order valence-electron chi connectivity index (χ0n) is 9.77. The first-order valence-corrected chi connectivity index (χ1v) is 5.11. The maximum absolute atomic E-state index is 11.6. The summed E-state index contributed by atoms with van der Waals surface area (Å²) in [7, 11) is 1.18. The van der Waals surface area contributed by atoms with Crippen molar-refractivity contribution >= 4 is 11.9 Å². The van der Waals surface area contributed by atoms with Crippen molar-refractivity contribution in [2.45, 2.75) is 12.5 Å². The molecule has 0 spiro atoms. The molecule has 92 valence electrons. The Morgan fingerprint density at radius 2 is 1.94 bits per heavy atom. The number of carbonyl (C=O) groups is 2. The quantitative estimate of drug-likeness (QED) is 0.733. The van der Waals surface area contributed by atoms with Gasteiger partial charge in [0.15, 0.2) is 0 Å². The number of carbonyl (C=O) groups excluding carboxylic acids is 2. The highest BCUT2D eigenvalue weighted by Crippen LogP contribution is 2.21. The monoisotopic (exact) mass is 237 g/mol. The zero-order valence-corrected chi connectivity index (χ0v) is 9.77. The van der Waals surface area contributed by atoms with Crippen LogP contribution in [0.25, 0.3) is 0 Å². The van der Waals surface area contributed by atoms with E-state index in [1.54, 1.807) is 30.3 Å². The van der Waals surface area contributed by atoms with E-state index in [1.165, 1.54) is 14.0 Å². The van der Waals surface area contributed by atoms with Gasteiger partial charge in [-0.3, -0.25) is 4.79 Å². The first-order chi connectivity index (χ1) is 8.00. The van der Waals surface area contributed by atoms with Crippen LogP contribution in [0.4, 0.5) is 0 Å². The lowest BCUT2D eigenvalue weighted by molar-refractivity contribution is -0.163. The second-order valence-electron chi connectivity index (χ2n) is 3.63. The number of amides is 1. The van der Waals surface area contributed by atoms with Gasteiger partial charge in [0.05, 0.1) is 13.7 Å². The molecule has 1 aromatic carbocycles. The standard InChI is InChI=1S/C12H15NO4/c1-9(14)13-8-12(16,11(15)17-2)10-6-4-3-5-7-10/h3-7,16H,8H2,1-2H3,(H,13,14)/t12-/m0/s1. The van der Waals surface area contributed by atoms with Gasteiger partial charge >= 0.3 is 5.97 Å². The Bertz CT molecular complexity index is 404. The topological polar surface area (TPSA) is 75.6 Å². The van der Waals surface area contributed by atoms with E-state index in [0.717, 1.165) is 0 Å². The van der Waals surface area contributed by atoms with E-state index in [4.69, 9.17) is 0 Å². The first-order valence-electron chi connectivity index (χ1n) is 5.11. The fourth-order valence-corrected chi connectivity index (χ4v) is 1.43. The molecule has 1 amide bonds. The van der Waals surface area contributed by atoms with Gasteiger partial charge in [0.2, 0.25) is 11.5 Å². The smallest absolute Gasteiger partial charge is 0.344 e. The third-order valence-corrected chi connectivity index (χ3v) is 2.37. The number of rotatable bonds is 4. The highest BCUT2D eigenvalue weighted by Gasteiger charge is 2.39. The summed E-state index contributed by atoms with van der Waals surface area (Å²) in [5.41, 5.74) is -1.48. The second-order valence-corrected chi connectivity index (χ2v) is 3.63. The molecule has 0 unspecified atom stereocenters. The van der Waals surface area contributed by atoms with Gasteiger partial charge in [0, 0.05) is 6.92 Å². The lowest BCUT2D eigenvalue weighted by Gasteiger charge is -2.25. The van der Waals surface area contributed by atoms with Crippen LogP contribution in [0.3, 0.4) is 0 Å². The first kappa shape index (κ1) is 13.2. The number of esters is 1. The van der Waals surface area contributed by atoms with Gasteiger partial charge in [0.25, 0.3) is 0 Å². The average Bonchev–Trinajstić information content (AvgIpc) is 2.36. The van der Waals surface area contributed by atoms with Gasteiger partial charge in [-0.15, -0.1) is 0 Å². The van der Waals surface area contributed by atoms with E-state index in [9.17, 15) is 14.7 Å². The van der Waals surface area contributed by atoms with Crippen molar-refractivity contribution in [3.05, 3.63) is 35.9 Å². The summed E-state index contributed by atoms with van der Waals surface area (Å²) in [4.78, 5) is 22.5. The van der Waals surface area contributed by atoms with Crippen molar-refractivity contribution in [3.8, 4) is 0 Å². The molecule has 5 nitrogen and oxygen atoms in total. The molecule has 0 fully saturated rings. The van der Waals surface area contributed by atoms with Crippen LogP contribution in [0, 0.1) is 0 Å². The maximum atomic E-state index is 11.6. The van der Waals surface area contributed by atoms with Gasteiger partial charge in [0.1, 0.15) is 0 Å². The lowest BCUT2D eigenvalue weighted by Crippen LogP contribution is -2.46. The molecule has 1 rings (SSSR count). The van der Waals surface area contributed by atoms with E-state index < -0.39 is 11.6 Å². The fraction of sp³-hybridized carbons (Fsp3) is 0.333. The number of aliphatic hydroxyl groups is 1. The minimum atomic E-state index is -1.86. The molecule has 5 heteroatoms. The highest BCUT2D eigenvalue weighted by atomic mass is 16.5. The van der Waals surface area contributed by atoms with Crippen molar-refractivity contribution in [2.75, 3.05) is 13.7 Å². The highest BCUT2D eigenvalue weighted by molar-refractivity contribution is 5.82. The van der Waals surface area contributed by atoms with E-state index in [-0.39, 0.29) is 12.5 Å². The Morgan fingerprint density at radius 3 is 2.41 bits per heavy atom. The Hall–Kier alpha value is -1.88. The number of hydrogen-bond donors (Lipinski definition) is 2. The van der Waals surface area contributed by atoms with Crippen LogP contribution in [0.1, 0.15) is 12.5 Å². The maximum Gasteiger partial charge on any atom is 0.344 e. The van der Waals surface area contributed by atoms with E-state index in [2.05, 4.69) is 10.1 Å². The SMILES string of the molecule is COC(=O)[C@](O)(CNC(C)=O)c1ccccc1. The van der Waals surface area contributed by atoms with E-state index in [0.29, 0.717) is 5.56 Å². The Morgan fingerprint density at radius 1 is 1.35 bits per heavy atom. The van der Waals surface area contributed by atoms with Crippen molar-refractivity contribution in [3.63, 3.8) is 0 Å². The van der Waals surface area contributed by atoms with Crippen molar-refractivity contribution in [1.29, 1.82) is 0 Å². The van der Waals surface area contributed by atoms with Crippen LogP contribution < -0.4 is 5.32 Å². The molecule has 1 atom stereocenters. The number of methoxy groups -OCH3 is 1. The third-order valence-electron chi connectivity index (χ3n) is 2.37. The molecule has 17 heavy (non-hydrogen) atoms. The van der Waals surface area contributed by atoms with Gasteiger partial charge in [-0.1, -0.05) is 30.3 Å². The van der Waals surface area contributed by atoms with E-state index in [1.807, 2.05) is 0 Å². The molecule has 0 aliphatic rings. The predicted octanol–water partition coefficient (Wildman–Crippen LogP) is 0.183. The summed E-state index contributed by atoms with van der Waals surface area (Å²) in [6.45, 7) is 1.09. The van der Waals surface area contributed by atoms with Crippen LogP contribution in [0.15, 0.2) is 30.3 Å². The number of benzene rings is 1. The van der Waals surface area contributed by atoms with Crippen LogP contribution in [-0.2, 0) is 19.9 Å². The van der Waals surface area contributed by atoms with Crippen molar-refractivity contribution in [2.24, 2.45) is 0 Å². The molecule has 0 aliphatic carbocycles. The molecular weight excluding hydrogens is 222 g/mol. The Labute approximate surface area is 99.4 Å². The number of hydrogen-bond acceptors (Lipinski definition) is 4. The molecule has 2 N–H and O–H groups in total. The zero-order chi connectivity index (χ0) is 12.9. The number of nitrogens with one attached hydrogen (secondary N) is 1. The summed E-state index contributed by atoms with van der Waals surface area (Å²) in [5.74, 6) is -1.14. The van der Waals surface area contributed by atoms with Crippen LogP contribution in [0.2, 0.25) is 0 Å². The molecule has 0 heterocycles. The van der Waals surface area contributed by atoms with Gasteiger partial charge < -0.3 is 15.2 Å². The van der Waals surface area contributed by atoms with Crippen molar-refractivity contribution in [1.82, 2.24) is 5.32 Å². The summed E-state index contributed by atoms with van der Waals surface area (Å²) in [6, 6.07) is 8.34. The normalized spacial score (nSPS) is 13.6. The Balaban J connectivity index is 3.02. The molecule has 0 radical (unpaired) electrons. The van der Waals surface area contributed by atoms with Gasteiger partial charge in [-0.2, -0.15) is 0 Å². The van der Waals surface area contributed by atoms with Gasteiger partial charge in [-0.25, -0.2) is 4.79 Å². The molecule has 0 bridgehead atoms. The molecule has 1 aromatic rings. The summed E-state index contributed by atoms with van der Waals surface area (Å²) in [6.07, 6.45) is 0. The molecule has 0 saturated carbocycles. The molecule has 0 aromatic heterocycles. The molecular formula is C12H15NO4. The second kappa shape index (κ2) is 5.45. The Kier molecular flexibility index (Phi) is 4.23. The minimum absolute atomic E-state index is 0.223. The van der Waals surface area contributed by atoms with Crippen LogP contribution in [-0.4, -0.2) is 30.6 Å². The number of ether oxygens (including phenoxy) is 1. The summed E-state index contributed by atoms with van der Waals surface area (Å²) in [5, 5.41) is 12.7. The molecule has 0 aliphatic heterocycles. The average molecular weight is 237 g/mol. The van der Waals surface area contributed by atoms with Gasteiger partial charge in [-0.05, 0) is 5.56 Å². The predicted molar refractivity (Wildman–Crippen MR) is 61.0 cm³/mol. The summed E-state index contributed by atoms with van der Waals surface area (Å²) < 4.78 is 4.56. The summed E-state index contributed by atoms with van der Waals surface area (Å²) >= 11 is 0. The largest absolute Gasteiger partial charge is 0.467 e. The lowest BCUT2D eigenvalue weighted by atomic mass is 9.94. The third kappa shape index (κ3) is 3.04. The minimum Gasteiger partial charge on any atom is -0.467 e. The van der Waals surface area contributed by atoms with Crippen LogP contribution >= 0.6 is 0 Å².